The predicted molar refractivity (Wildman–Crippen MR) is 99.9 cm³/mol. The molecule has 1 aromatic carbocycles. The Morgan fingerprint density at radius 2 is 1.96 bits per heavy atom. The number of aromatic nitrogens is 3. The van der Waals surface area contributed by atoms with Gasteiger partial charge in [0.1, 0.15) is 0 Å². The molecule has 1 aliphatic rings. The molecule has 1 fully saturated rings. The van der Waals surface area contributed by atoms with Crippen LogP contribution >= 0.6 is 31.9 Å². The molecule has 2 aromatic rings. The summed E-state index contributed by atoms with van der Waals surface area (Å²) in [5.74, 6) is 1.38. The number of anilines is 2. The third-order valence-electron chi connectivity index (χ3n) is 4.06. The molecule has 1 aromatic heterocycles. The number of aromatic amines is 1. The number of hydrogen-bond donors (Lipinski definition) is 3. The van der Waals surface area contributed by atoms with Crippen LogP contribution in [0.2, 0.25) is 0 Å². The fourth-order valence-electron chi connectivity index (χ4n) is 2.77. The zero-order chi connectivity index (χ0) is 17.1. The van der Waals surface area contributed by atoms with E-state index in [0.717, 1.165) is 34.9 Å². The fraction of sp³-hybridized carbons (Fsp3) is 0.400. The minimum Gasteiger partial charge on any atom is -0.368 e. The molecule has 7 nitrogen and oxygen atoms in total. The molecule has 1 saturated heterocycles. The summed E-state index contributed by atoms with van der Waals surface area (Å²) in [5, 5.41) is 9.76. The molecule has 1 aliphatic heterocycles. The van der Waals surface area contributed by atoms with Crippen molar-refractivity contribution in [2.24, 2.45) is 5.92 Å². The number of hydrogen-bond acceptors (Lipinski definition) is 5. The maximum atomic E-state index is 12.3. The molecule has 1 amide bonds. The highest BCUT2D eigenvalue weighted by Gasteiger charge is 2.22. The quantitative estimate of drug-likeness (QED) is 0.655. The van der Waals surface area contributed by atoms with Crippen LogP contribution in [0.1, 0.15) is 23.2 Å². The smallest absolute Gasteiger partial charge is 0.251 e. The van der Waals surface area contributed by atoms with Crippen LogP contribution in [0.4, 0.5) is 11.9 Å². The largest absolute Gasteiger partial charge is 0.368 e. The number of H-pyrrole nitrogens is 1. The number of nitrogens with two attached hydrogens (primary N) is 1. The number of piperidine rings is 1. The Hall–Kier alpha value is -1.61. The monoisotopic (exact) mass is 456 g/mol. The van der Waals surface area contributed by atoms with Crippen LogP contribution < -0.4 is 16.0 Å². The molecule has 0 aliphatic carbocycles. The lowest BCUT2D eigenvalue weighted by Crippen LogP contribution is -2.39. The Morgan fingerprint density at radius 1 is 1.29 bits per heavy atom. The van der Waals surface area contributed by atoms with Crippen molar-refractivity contribution in [2.75, 3.05) is 30.3 Å². The lowest BCUT2D eigenvalue weighted by atomic mass is 9.97. The van der Waals surface area contributed by atoms with E-state index < -0.39 is 0 Å². The molecular formula is C15H18Br2N6O. The van der Waals surface area contributed by atoms with Crippen molar-refractivity contribution in [1.82, 2.24) is 20.5 Å². The van der Waals surface area contributed by atoms with Crippen molar-refractivity contribution < 1.29 is 4.79 Å². The van der Waals surface area contributed by atoms with Crippen LogP contribution in [0.25, 0.3) is 0 Å². The van der Waals surface area contributed by atoms with Crippen LogP contribution in [0.15, 0.2) is 27.1 Å². The van der Waals surface area contributed by atoms with Gasteiger partial charge in [-0.3, -0.25) is 4.79 Å². The van der Waals surface area contributed by atoms with Crippen molar-refractivity contribution in [3.8, 4) is 0 Å². The first kappa shape index (κ1) is 17.2. The second-order valence-electron chi connectivity index (χ2n) is 5.82. The highest BCUT2D eigenvalue weighted by molar-refractivity contribution is 9.11. The number of amides is 1. The Labute approximate surface area is 156 Å². The molecule has 128 valence electrons. The summed E-state index contributed by atoms with van der Waals surface area (Å²) in [4.78, 5) is 18.5. The average molecular weight is 458 g/mol. The van der Waals surface area contributed by atoms with Crippen molar-refractivity contribution in [2.45, 2.75) is 12.8 Å². The van der Waals surface area contributed by atoms with Gasteiger partial charge >= 0.3 is 0 Å². The molecular weight excluding hydrogens is 440 g/mol. The molecule has 0 unspecified atom stereocenters. The molecule has 0 bridgehead atoms. The van der Waals surface area contributed by atoms with E-state index in [1.165, 1.54) is 0 Å². The summed E-state index contributed by atoms with van der Waals surface area (Å²) in [6.07, 6.45) is 1.97. The van der Waals surface area contributed by atoms with Crippen LogP contribution in [-0.2, 0) is 0 Å². The van der Waals surface area contributed by atoms with E-state index in [4.69, 9.17) is 5.73 Å². The number of benzene rings is 1. The summed E-state index contributed by atoms with van der Waals surface area (Å²) >= 11 is 6.80. The van der Waals surface area contributed by atoms with Crippen LogP contribution in [-0.4, -0.2) is 40.7 Å². The Bertz CT molecular complexity index is 706. The van der Waals surface area contributed by atoms with E-state index in [1.54, 1.807) is 0 Å². The van der Waals surface area contributed by atoms with Crippen molar-refractivity contribution in [1.29, 1.82) is 0 Å². The number of carbonyl (C=O) groups excluding carboxylic acids is 1. The Balaban J connectivity index is 1.49. The Kier molecular flexibility index (Phi) is 5.40. The van der Waals surface area contributed by atoms with Gasteiger partial charge in [0.2, 0.25) is 11.9 Å². The number of halogens is 2. The van der Waals surface area contributed by atoms with Crippen LogP contribution in [0, 0.1) is 5.92 Å². The van der Waals surface area contributed by atoms with Gasteiger partial charge in [-0.1, -0.05) is 31.9 Å². The molecule has 2 heterocycles. The number of rotatable bonds is 4. The van der Waals surface area contributed by atoms with Gasteiger partial charge in [-0.15, -0.1) is 5.10 Å². The second-order valence-corrected chi connectivity index (χ2v) is 7.65. The molecule has 24 heavy (non-hydrogen) atoms. The first-order valence-electron chi connectivity index (χ1n) is 7.68. The molecule has 0 saturated carbocycles. The number of nitrogen functional groups attached to an aromatic ring is 1. The maximum absolute atomic E-state index is 12.3. The van der Waals surface area contributed by atoms with Crippen molar-refractivity contribution in [3.63, 3.8) is 0 Å². The van der Waals surface area contributed by atoms with Gasteiger partial charge in [0.15, 0.2) is 0 Å². The van der Waals surface area contributed by atoms with Crippen LogP contribution in [0.3, 0.4) is 0 Å². The van der Waals surface area contributed by atoms with E-state index in [9.17, 15) is 4.79 Å². The van der Waals surface area contributed by atoms with Gasteiger partial charge in [0.05, 0.1) is 0 Å². The molecule has 0 radical (unpaired) electrons. The minimum atomic E-state index is -0.0545. The number of nitrogens with zero attached hydrogens (tertiary/aromatic N) is 3. The van der Waals surface area contributed by atoms with Crippen LogP contribution in [0.5, 0.6) is 0 Å². The van der Waals surface area contributed by atoms with E-state index >= 15 is 0 Å². The highest BCUT2D eigenvalue weighted by atomic mass is 79.9. The maximum Gasteiger partial charge on any atom is 0.251 e. The highest BCUT2D eigenvalue weighted by Crippen LogP contribution is 2.22. The van der Waals surface area contributed by atoms with E-state index in [0.29, 0.717) is 29.9 Å². The first-order chi connectivity index (χ1) is 11.5. The Morgan fingerprint density at radius 3 is 2.54 bits per heavy atom. The van der Waals surface area contributed by atoms with E-state index in [-0.39, 0.29) is 5.91 Å². The summed E-state index contributed by atoms with van der Waals surface area (Å²) in [6.45, 7) is 2.40. The SMILES string of the molecule is Nc1nc(N2CCC(CNC(=O)c3cc(Br)cc(Br)c3)CC2)n[nH]1. The van der Waals surface area contributed by atoms with E-state index in [2.05, 4.69) is 57.3 Å². The minimum absolute atomic E-state index is 0.0545. The lowest BCUT2D eigenvalue weighted by Gasteiger charge is -2.31. The van der Waals surface area contributed by atoms with Gasteiger partial charge in [-0.25, -0.2) is 5.10 Å². The zero-order valence-corrected chi connectivity index (χ0v) is 16.1. The molecule has 3 rings (SSSR count). The summed E-state index contributed by atoms with van der Waals surface area (Å²) < 4.78 is 1.75. The van der Waals surface area contributed by atoms with Gasteiger partial charge in [-0.05, 0) is 37.0 Å². The van der Waals surface area contributed by atoms with Gasteiger partial charge < -0.3 is 16.0 Å². The van der Waals surface area contributed by atoms with Crippen molar-refractivity contribution in [3.05, 3.63) is 32.7 Å². The normalized spacial score (nSPS) is 15.5. The van der Waals surface area contributed by atoms with Crippen molar-refractivity contribution >= 4 is 49.7 Å². The van der Waals surface area contributed by atoms with Gasteiger partial charge in [0.25, 0.3) is 5.91 Å². The predicted octanol–water partition coefficient (Wildman–Crippen LogP) is 2.56. The third kappa shape index (κ3) is 4.27. The lowest BCUT2D eigenvalue weighted by molar-refractivity contribution is 0.0944. The van der Waals surface area contributed by atoms with E-state index in [1.807, 2.05) is 18.2 Å². The first-order valence-corrected chi connectivity index (χ1v) is 9.27. The number of carbonyl (C=O) groups is 1. The standard InChI is InChI=1S/C15H18Br2N6O/c16-11-5-10(6-12(17)7-11)13(24)19-8-9-1-3-23(4-2-9)15-20-14(18)21-22-15/h5-7,9H,1-4,8H2,(H,19,24)(H3,18,20,21,22). The second kappa shape index (κ2) is 7.52. The fourth-order valence-corrected chi connectivity index (χ4v) is 4.06. The molecule has 0 atom stereocenters. The average Bonchev–Trinajstić information content (AvgIpc) is 2.98. The molecule has 0 spiro atoms. The summed E-state index contributed by atoms with van der Waals surface area (Å²) in [5.41, 5.74) is 6.20. The van der Waals surface area contributed by atoms with Gasteiger partial charge in [-0.2, -0.15) is 4.98 Å². The topological polar surface area (TPSA) is 99.9 Å². The summed E-state index contributed by atoms with van der Waals surface area (Å²) in [6, 6.07) is 5.54. The number of nitrogens with one attached hydrogen (secondary N) is 2. The zero-order valence-electron chi connectivity index (χ0n) is 12.9. The molecule has 9 heteroatoms. The third-order valence-corrected chi connectivity index (χ3v) is 4.98. The van der Waals surface area contributed by atoms with Gasteiger partial charge in [0, 0.05) is 34.1 Å². The summed E-state index contributed by atoms with van der Waals surface area (Å²) in [7, 11) is 0. The molecule has 4 N–H and O–H groups in total.